The van der Waals surface area contributed by atoms with Crippen LogP contribution in [-0.4, -0.2) is 23.7 Å². The van der Waals surface area contributed by atoms with Gasteiger partial charge in [-0.3, -0.25) is 0 Å². The first-order valence-corrected chi connectivity index (χ1v) is 6.68. The van der Waals surface area contributed by atoms with Crippen molar-refractivity contribution in [2.24, 2.45) is 0 Å². The van der Waals surface area contributed by atoms with E-state index in [9.17, 15) is 0 Å². The van der Waals surface area contributed by atoms with Gasteiger partial charge >= 0.3 is 0 Å². The van der Waals surface area contributed by atoms with Crippen molar-refractivity contribution in [2.75, 3.05) is 13.2 Å². The fraction of sp³-hybridized carbons (Fsp3) is 0.750. The molecule has 1 unspecified atom stereocenters. The third-order valence-corrected chi connectivity index (χ3v) is 4.32. The van der Waals surface area contributed by atoms with Gasteiger partial charge in [-0.25, -0.2) is 4.98 Å². The third-order valence-electron chi connectivity index (χ3n) is 3.23. The smallest absolute Gasteiger partial charge is 0.0897 e. The van der Waals surface area contributed by atoms with Crippen molar-refractivity contribution in [3.05, 3.63) is 16.1 Å². The van der Waals surface area contributed by atoms with E-state index in [0.717, 1.165) is 31.1 Å². The van der Waals surface area contributed by atoms with Crippen LogP contribution in [0.15, 0.2) is 6.20 Å². The molecule has 1 N–H and O–H groups in total. The highest BCUT2D eigenvalue weighted by Gasteiger charge is 2.29. The SMILES string of the molecule is Cc1ncc(C(C)NC2(C)CCOCC2)s1. The van der Waals surface area contributed by atoms with Crippen LogP contribution in [0.5, 0.6) is 0 Å². The van der Waals surface area contributed by atoms with Gasteiger partial charge in [0.15, 0.2) is 0 Å². The first kappa shape index (κ1) is 12.0. The van der Waals surface area contributed by atoms with E-state index in [0.29, 0.717) is 6.04 Å². The second-order valence-electron chi connectivity index (χ2n) is 4.82. The van der Waals surface area contributed by atoms with Crippen LogP contribution < -0.4 is 5.32 Å². The molecule has 0 radical (unpaired) electrons. The summed E-state index contributed by atoms with van der Waals surface area (Å²) in [6.07, 6.45) is 4.17. The van der Waals surface area contributed by atoms with Crippen molar-refractivity contribution in [3.63, 3.8) is 0 Å². The van der Waals surface area contributed by atoms with Gasteiger partial charge in [0.2, 0.25) is 0 Å². The highest BCUT2D eigenvalue weighted by molar-refractivity contribution is 7.11. The molecule has 0 aromatic carbocycles. The first-order valence-electron chi connectivity index (χ1n) is 5.87. The molecular formula is C12H20N2OS. The van der Waals surface area contributed by atoms with Gasteiger partial charge < -0.3 is 10.1 Å². The van der Waals surface area contributed by atoms with Gasteiger partial charge in [0.05, 0.1) is 5.01 Å². The molecule has 1 saturated heterocycles. The Morgan fingerprint density at radius 1 is 1.50 bits per heavy atom. The fourth-order valence-corrected chi connectivity index (χ4v) is 2.93. The Morgan fingerprint density at radius 2 is 2.19 bits per heavy atom. The number of rotatable bonds is 3. The average molecular weight is 240 g/mol. The minimum absolute atomic E-state index is 0.218. The lowest BCUT2D eigenvalue weighted by Gasteiger charge is -2.36. The summed E-state index contributed by atoms with van der Waals surface area (Å²) in [5.74, 6) is 0. The van der Waals surface area contributed by atoms with Crippen molar-refractivity contribution < 1.29 is 4.74 Å². The van der Waals surface area contributed by atoms with Crippen molar-refractivity contribution in [2.45, 2.75) is 45.2 Å². The summed E-state index contributed by atoms with van der Waals surface area (Å²) >= 11 is 1.78. The van der Waals surface area contributed by atoms with E-state index in [2.05, 4.69) is 31.1 Å². The third kappa shape index (κ3) is 2.81. The molecule has 1 aliphatic rings. The first-order chi connectivity index (χ1) is 7.59. The Bertz CT molecular complexity index is 345. The highest BCUT2D eigenvalue weighted by atomic mass is 32.1. The zero-order valence-corrected chi connectivity index (χ0v) is 11.1. The predicted molar refractivity (Wildman–Crippen MR) is 66.9 cm³/mol. The molecule has 4 heteroatoms. The summed E-state index contributed by atoms with van der Waals surface area (Å²) in [6.45, 7) is 8.31. The molecule has 1 fully saturated rings. The van der Waals surface area contributed by atoms with E-state index in [-0.39, 0.29) is 5.54 Å². The molecule has 2 heterocycles. The molecule has 1 aliphatic heterocycles. The van der Waals surface area contributed by atoms with E-state index in [4.69, 9.17) is 4.74 Å². The maximum Gasteiger partial charge on any atom is 0.0897 e. The van der Waals surface area contributed by atoms with Gasteiger partial charge in [0, 0.05) is 35.9 Å². The number of nitrogens with one attached hydrogen (secondary N) is 1. The Morgan fingerprint density at radius 3 is 2.75 bits per heavy atom. The largest absolute Gasteiger partial charge is 0.381 e. The van der Waals surface area contributed by atoms with Crippen LogP contribution in [0.3, 0.4) is 0 Å². The molecule has 0 amide bonds. The zero-order chi connectivity index (χ0) is 11.6. The van der Waals surface area contributed by atoms with Crippen molar-refractivity contribution in [3.8, 4) is 0 Å². The monoisotopic (exact) mass is 240 g/mol. The lowest BCUT2D eigenvalue weighted by atomic mass is 9.91. The number of aromatic nitrogens is 1. The molecule has 0 saturated carbocycles. The molecule has 0 bridgehead atoms. The number of ether oxygens (including phenoxy) is 1. The van der Waals surface area contributed by atoms with E-state index in [1.54, 1.807) is 11.3 Å². The Balaban J connectivity index is 1.98. The van der Waals surface area contributed by atoms with Gasteiger partial charge in [-0.2, -0.15) is 0 Å². The maximum absolute atomic E-state index is 5.41. The lowest BCUT2D eigenvalue weighted by Crippen LogP contribution is -2.47. The van der Waals surface area contributed by atoms with Crippen LogP contribution in [-0.2, 0) is 4.74 Å². The lowest BCUT2D eigenvalue weighted by molar-refractivity contribution is 0.0414. The molecular weight excluding hydrogens is 220 g/mol. The van der Waals surface area contributed by atoms with E-state index >= 15 is 0 Å². The Kier molecular flexibility index (Phi) is 3.62. The molecule has 1 aromatic rings. The van der Waals surface area contributed by atoms with E-state index in [1.165, 1.54) is 4.88 Å². The summed E-state index contributed by atoms with van der Waals surface area (Å²) in [5, 5.41) is 4.85. The van der Waals surface area contributed by atoms with E-state index < -0.39 is 0 Å². The molecule has 0 spiro atoms. The Hall–Kier alpha value is -0.450. The standard InChI is InChI=1S/C12H20N2OS/c1-9(11-8-13-10(2)16-11)14-12(3)4-6-15-7-5-12/h8-9,14H,4-7H2,1-3H3. The summed E-state index contributed by atoms with van der Waals surface area (Å²) in [5.41, 5.74) is 0.218. The second kappa shape index (κ2) is 4.82. The van der Waals surface area contributed by atoms with Crippen LogP contribution in [0.2, 0.25) is 0 Å². The summed E-state index contributed by atoms with van der Waals surface area (Å²) in [6, 6.07) is 0.384. The van der Waals surface area contributed by atoms with Crippen molar-refractivity contribution >= 4 is 11.3 Å². The Labute approximate surface area is 101 Å². The summed E-state index contributed by atoms with van der Waals surface area (Å²) in [4.78, 5) is 5.63. The van der Waals surface area contributed by atoms with Gasteiger partial charge in [-0.1, -0.05) is 0 Å². The minimum atomic E-state index is 0.218. The van der Waals surface area contributed by atoms with Gasteiger partial charge in [-0.05, 0) is 33.6 Å². The quantitative estimate of drug-likeness (QED) is 0.882. The normalized spacial score (nSPS) is 21.9. The van der Waals surface area contributed by atoms with Crippen LogP contribution >= 0.6 is 11.3 Å². The molecule has 2 rings (SSSR count). The molecule has 3 nitrogen and oxygen atoms in total. The number of nitrogens with zero attached hydrogens (tertiary/aromatic N) is 1. The van der Waals surface area contributed by atoms with Gasteiger partial charge in [0.1, 0.15) is 0 Å². The topological polar surface area (TPSA) is 34.2 Å². The van der Waals surface area contributed by atoms with Gasteiger partial charge in [-0.15, -0.1) is 11.3 Å². The van der Waals surface area contributed by atoms with Gasteiger partial charge in [0.25, 0.3) is 0 Å². The average Bonchev–Trinajstić information content (AvgIpc) is 2.65. The number of hydrogen-bond donors (Lipinski definition) is 1. The molecule has 90 valence electrons. The molecule has 16 heavy (non-hydrogen) atoms. The molecule has 1 atom stereocenters. The second-order valence-corrected chi connectivity index (χ2v) is 6.09. The minimum Gasteiger partial charge on any atom is -0.381 e. The van der Waals surface area contributed by atoms with Crippen LogP contribution in [0.4, 0.5) is 0 Å². The number of hydrogen-bond acceptors (Lipinski definition) is 4. The van der Waals surface area contributed by atoms with Crippen molar-refractivity contribution in [1.82, 2.24) is 10.3 Å². The van der Waals surface area contributed by atoms with Crippen molar-refractivity contribution in [1.29, 1.82) is 0 Å². The molecule has 1 aromatic heterocycles. The van der Waals surface area contributed by atoms with Crippen LogP contribution in [0.1, 0.15) is 42.6 Å². The summed E-state index contributed by atoms with van der Waals surface area (Å²) < 4.78 is 5.41. The number of thiazole rings is 1. The maximum atomic E-state index is 5.41. The predicted octanol–water partition coefficient (Wildman–Crippen LogP) is 2.67. The number of aryl methyl sites for hydroxylation is 1. The van der Waals surface area contributed by atoms with E-state index in [1.807, 2.05) is 6.20 Å². The van der Waals surface area contributed by atoms with Crippen LogP contribution in [0, 0.1) is 6.92 Å². The highest BCUT2D eigenvalue weighted by Crippen LogP contribution is 2.26. The molecule has 0 aliphatic carbocycles. The fourth-order valence-electron chi connectivity index (χ4n) is 2.14. The summed E-state index contributed by atoms with van der Waals surface area (Å²) in [7, 11) is 0. The zero-order valence-electron chi connectivity index (χ0n) is 10.2. The van der Waals surface area contributed by atoms with Crippen LogP contribution in [0.25, 0.3) is 0 Å².